The standard InChI is InChI=1S/C14H20BrNO2/c1-9-5-6-16(8-14(9)18)11-3-4-12(10(2)17)13(15)7-11/h3-4,7,9-10,14,17-18H,5-6,8H2,1-2H3/t9?,10-,14?/m1/s1. The summed E-state index contributed by atoms with van der Waals surface area (Å²) in [5.74, 6) is 0.376. The van der Waals surface area contributed by atoms with Crippen molar-refractivity contribution < 1.29 is 10.2 Å². The van der Waals surface area contributed by atoms with Gasteiger partial charge in [-0.25, -0.2) is 0 Å². The lowest BCUT2D eigenvalue weighted by Crippen LogP contribution is -2.42. The number of rotatable bonds is 2. The maximum Gasteiger partial charge on any atom is 0.0772 e. The van der Waals surface area contributed by atoms with E-state index in [-0.39, 0.29) is 6.10 Å². The number of anilines is 1. The second-order valence-corrected chi connectivity index (χ2v) is 6.02. The maximum atomic E-state index is 9.93. The zero-order valence-corrected chi connectivity index (χ0v) is 12.4. The summed E-state index contributed by atoms with van der Waals surface area (Å²) in [6.07, 6.45) is 0.283. The van der Waals surface area contributed by atoms with Crippen LogP contribution in [-0.4, -0.2) is 29.4 Å². The lowest BCUT2D eigenvalue weighted by molar-refractivity contribution is 0.103. The summed E-state index contributed by atoms with van der Waals surface area (Å²) in [7, 11) is 0. The monoisotopic (exact) mass is 313 g/mol. The summed E-state index contributed by atoms with van der Waals surface area (Å²) in [4.78, 5) is 2.20. The number of aliphatic hydroxyl groups is 2. The van der Waals surface area contributed by atoms with Crippen molar-refractivity contribution in [3.05, 3.63) is 28.2 Å². The molecule has 100 valence electrons. The Kier molecular flexibility index (Phi) is 4.30. The van der Waals surface area contributed by atoms with Crippen molar-refractivity contribution in [1.82, 2.24) is 0 Å². The van der Waals surface area contributed by atoms with Crippen molar-refractivity contribution in [2.45, 2.75) is 32.5 Å². The molecule has 2 unspecified atom stereocenters. The zero-order chi connectivity index (χ0) is 13.3. The molecular formula is C14H20BrNO2. The van der Waals surface area contributed by atoms with Crippen LogP contribution in [0.1, 0.15) is 31.9 Å². The molecule has 0 spiro atoms. The van der Waals surface area contributed by atoms with Crippen LogP contribution in [0.25, 0.3) is 0 Å². The minimum absolute atomic E-state index is 0.256. The highest BCUT2D eigenvalue weighted by Crippen LogP contribution is 2.30. The maximum absolute atomic E-state index is 9.93. The number of piperidine rings is 1. The molecule has 1 aromatic rings. The number of β-amino-alcohol motifs (C(OH)–C–C–N with tert-alkyl or cyclic N) is 1. The smallest absolute Gasteiger partial charge is 0.0772 e. The highest BCUT2D eigenvalue weighted by atomic mass is 79.9. The Morgan fingerprint density at radius 1 is 1.44 bits per heavy atom. The number of nitrogens with zero attached hydrogens (tertiary/aromatic N) is 1. The van der Waals surface area contributed by atoms with Crippen molar-refractivity contribution in [2.24, 2.45) is 5.92 Å². The minimum atomic E-state index is -0.472. The van der Waals surface area contributed by atoms with Crippen LogP contribution in [-0.2, 0) is 0 Å². The molecule has 0 bridgehead atoms. The molecule has 0 aromatic heterocycles. The molecule has 1 aromatic carbocycles. The van der Waals surface area contributed by atoms with E-state index in [0.717, 1.165) is 28.7 Å². The summed E-state index contributed by atoms with van der Waals surface area (Å²) < 4.78 is 0.920. The van der Waals surface area contributed by atoms with Gasteiger partial charge in [0.15, 0.2) is 0 Å². The van der Waals surface area contributed by atoms with Crippen molar-refractivity contribution in [1.29, 1.82) is 0 Å². The van der Waals surface area contributed by atoms with E-state index >= 15 is 0 Å². The van der Waals surface area contributed by atoms with Crippen LogP contribution in [0.2, 0.25) is 0 Å². The molecule has 1 aliphatic heterocycles. The highest BCUT2D eigenvalue weighted by Gasteiger charge is 2.24. The van der Waals surface area contributed by atoms with E-state index in [4.69, 9.17) is 0 Å². The molecule has 1 fully saturated rings. The van der Waals surface area contributed by atoms with Crippen molar-refractivity contribution >= 4 is 21.6 Å². The van der Waals surface area contributed by atoms with Gasteiger partial charge in [-0.15, -0.1) is 0 Å². The molecule has 18 heavy (non-hydrogen) atoms. The fourth-order valence-electron chi connectivity index (χ4n) is 2.33. The van der Waals surface area contributed by atoms with E-state index in [9.17, 15) is 10.2 Å². The molecule has 0 aliphatic carbocycles. The molecule has 1 heterocycles. The van der Waals surface area contributed by atoms with E-state index in [1.807, 2.05) is 18.2 Å². The Morgan fingerprint density at radius 2 is 2.17 bits per heavy atom. The summed E-state index contributed by atoms with van der Waals surface area (Å²) in [6.45, 7) is 5.50. The normalized spacial score (nSPS) is 26.2. The quantitative estimate of drug-likeness (QED) is 0.882. The highest BCUT2D eigenvalue weighted by molar-refractivity contribution is 9.10. The van der Waals surface area contributed by atoms with Crippen molar-refractivity contribution in [2.75, 3.05) is 18.0 Å². The molecule has 0 amide bonds. The molecule has 3 nitrogen and oxygen atoms in total. The second-order valence-electron chi connectivity index (χ2n) is 5.16. The largest absolute Gasteiger partial charge is 0.391 e. The summed E-state index contributed by atoms with van der Waals surface area (Å²) in [5.41, 5.74) is 1.99. The second kappa shape index (κ2) is 5.59. The predicted molar refractivity (Wildman–Crippen MR) is 76.8 cm³/mol. The minimum Gasteiger partial charge on any atom is -0.391 e. The van der Waals surface area contributed by atoms with E-state index in [2.05, 4.69) is 27.8 Å². The molecular weight excluding hydrogens is 294 g/mol. The molecule has 2 rings (SSSR count). The van der Waals surface area contributed by atoms with Gasteiger partial charge in [0.05, 0.1) is 12.2 Å². The van der Waals surface area contributed by atoms with Gasteiger partial charge >= 0.3 is 0 Å². The van der Waals surface area contributed by atoms with Gasteiger partial charge in [-0.3, -0.25) is 0 Å². The van der Waals surface area contributed by atoms with Crippen LogP contribution in [0, 0.1) is 5.92 Å². The number of benzene rings is 1. The van der Waals surface area contributed by atoms with E-state index in [0.29, 0.717) is 12.5 Å². The Morgan fingerprint density at radius 3 is 2.72 bits per heavy atom. The molecule has 1 aliphatic rings. The van der Waals surface area contributed by atoms with Crippen LogP contribution in [0.5, 0.6) is 0 Å². The van der Waals surface area contributed by atoms with Gasteiger partial charge in [-0.1, -0.05) is 28.9 Å². The lowest BCUT2D eigenvalue weighted by atomic mass is 9.95. The summed E-state index contributed by atoms with van der Waals surface area (Å²) in [6, 6.07) is 5.97. The first kappa shape index (κ1) is 13.8. The Balaban J connectivity index is 2.17. The lowest BCUT2D eigenvalue weighted by Gasteiger charge is -2.36. The average Bonchev–Trinajstić information content (AvgIpc) is 2.32. The van der Waals surface area contributed by atoms with Crippen molar-refractivity contribution in [3.8, 4) is 0 Å². The van der Waals surface area contributed by atoms with E-state index in [1.165, 1.54) is 0 Å². The molecule has 3 atom stereocenters. The fraction of sp³-hybridized carbons (Fsp3) is 0.571. The molecule has 2 N–H and O–H groups in total. The molecule has 4 heteroatoms. The van der Waals surface area contributed by atoms with Gasteiger partial charge in [-0.2, -0.15) is 0 Å². The first-order valence-electron chi connectivity index (χ1n) is 6.39. The summed E-state index contributed by atoms with van der Waals surface area (Å²) in [5, 5.41) is 19.5. The predicted octanol–water partition coefficient (Wildman–Crippen LogP) is 2.71. The number of hydrogen-bond donors (Lipinski definition) is 2. The van der Waals surface area contributed by atoms with Crippen LogP contribution in [0.4, 0.5) is 5.69 Å². The van der Waals surface area contributed by atoms with E-state index < -0.39 is 6.10 Å². The van der Waals surface area contributed by atoms with Gasteiger partial charge in [0.2, 0.25) is 0 Å². The Labute approximate surface area is 117 Å². The molecule has 0 saturated carbocycles. The summed E-state index contributed by atoms with van der Waals surface area (Å²) >= 11 is 3.49. The third-order valence-electron chi connectivity index (χ3n) is 3.72. The first-order chi connectivity index (χ1) is 8.49. The third-order valence-corrected chi connectivity index (χ3v) is 4.40. The van der Waals surface area contributed by atoms with E-state index in [1.54, 1.807) is 6.92 Å². The van der Waals surface area contributed by atoms with Crippen LogP contribution >= 0.6 is 15.9 Å². The van der Waals surface area contributed by atoms with Crippen molar-refractivity contribution in [3.63, 3.8) is 0 Å². The molecule has 1 saturated heterocycles. The van der Waals surface area contributed by atoms with Gasteiger partial charge < -0.3 is 15.1 Å². The topological polar surface area (TPSA) is 43.7 Å². The van der Waals surface area contributed by atoms with Crippen LogP contribution < -0.4 is 4.90 Å². The van der Waals surface area contributed by atoms with Gasteiger partial charge in [0, 0.05) is 23.2 Å². The average molecular weight is 314 g/mol. The number of aliphatic hydroxyl groups excluding tert-OH is 2. The number of hydrogen-bond acceptors (Lipinski definition) is 3. The van der Waals surface area contributed by atoms with Crippen LogP contribution in [0.3, 0.4) is 0 Å². The Hall–Kier alpha value is -0.580. The van der Waals surface area contributed by atoms with Gasteiger partial charge in [0.1, 0.15) is 0 Å². The fourth-order valence-corrected chi connectivity index (χ4v) is 3.03. The van der Waals surface area contributed by atoms with Crippen LogP contribution in [0.15, 0.2) is 22.7 Å². The number of halogens is 1. The SMILES string of the molecule is CC1CCN(c2ccc([C@@H](C)O)c(Br)c2)CC1O. The third kappa shape index (κ3) is 2.87. The van der Waals surface area contributed by atoms with Gasteiger partial charge in [0.25, 0.3) is 0 Å². The first-order valence-corrected chi connectivity index (χ1v) is 7.19. The Bertz CT molecular complexity index is 422. The molecule has 0 radical (unpaired) electrons. The zero-order valence-electron chi connectivity index (χ0n) is 10.8. The van der Waals surface area contributed by atoms with Gasteiger partial charge in [-0.05, 0) is 37.0 Å².